The quantitative estimate of drug-likeness (QED) is 0.567. The fourth-order valence-corrected chi connectivity index (χ4v) is 1.16. The van der Waals surface area contributed by atoms with Crippen molar-refractivity contribution in [3.63, 3.8) is 0 Å². The first-order chi connectivity index (χ1) is 4.50. The lowest BCUT2D eigenvalue weighted by atomic mass is 10.1. The van der Waals surface area contributed by atoms with Crippen molar-refractivity contribution in [3.05, 3.63) is 0 Å². The molecule has 0 aromatic heterocycles. The van der Waals surface area contributed by atoms with E-state index in [-0.39, 0.29) is 0 Å². The van der Waals surface area contributed by atoms with Crippen LogP contribution in [0.2, 0.25) is 0 Å². The topological polar surface area (TPSA) is 54.4 Å². The van der Waals surface area contributed by atoms with Crippen molar-refractivity contribution in [2.75, 3.05) is 0 Å². The molecule has 0 spiro atoms. The Morgan fingerprint density at radius 3 is 2.00 bits per heavy atom. The first-order valence-electron chi connectivity index (χ1n) is 3.00. The number of aliphatic hydroxyl groups is 1. The summed E-state index contributed by atoms with van der Waals surface area (Å²) in [6.07, 6.45) is 3.06. The second-order valence-electron chi connectivity index (χ2n) is 3.14. The molecular formula is C7H8O3. The summed E-state index contributed by atoms with van der Waals surface area (Å²) in [4.78, 5) is 20.2. The second-order valence-corrected chi connectivity index (χ2v) is 3.14. The lowest BCUT2D eigenvalue weighted by Crippen LogP contribution is -2.17. The Balaban J connectivity index is 2.87. The van der Waals surface area contributed by atoms with Gasteiger partial charge in [-0.15, -0.1) is 0 Å². The van der Waals surface area contributed by atoms with E-state index in [4.69, 9.17) is 0 Å². The Bertz CT molecular complexity index is 185. The van der Waals surface area contributed by atoms with Crippen molar-refractivity contribution in [2.24, 2.45) is 11.3 Å². The molecule has 0 amide bonds. The molecular weight excluding hydrogens is 132 g/mol. The lowest BCUT2D eigenvalue weighted by Gasteiger charge is -2.00. The van der Waals surface area contributed by atoms with E-state index in [1.807, 2.05) is 0 Å². The number of hydrogen-bond acceptors (Lipinski definition) is 3. The van der Waals surface area contributed by atoms with Crippen molar-refractivity contribution < 1.29 is 14.7 Å². The van der Waals surface area contributed by atoms with Crippen LogP contribution in [0.4, 0.5) is 0 Å². The van der Waals surface area contributed by atoms with Gasteiger partial charge in [-0.1, -0.05) is 13.8 Å². The van der Waals surface area contributed by atoms with Gasteiger partial charge in [0.05, 0.1) is 5.92 Å². The maximum absolute atomic E-state index is 10.1. The molecule has 1 fully saturated rings. The van der Waals surface area contributed by atoms with Crippen molar-refractivity contribution in [2.45, 2.75) is 19.4 Å². The molecule has 10 heavy (non-hydrogen) atoms. The molecule has 2 radical (unpaired) electrons. The van der Waals surface area contributed by atoms with Gasteiger partial charge in [0.15, 0.2) is 0 Å². The Kier molecular flexibility index (Phi) is 1.23. The maximum Gasteiger partial charge on any atom is 0.234 e. The molecule has 1 aliphatic rings. The van der Waals surface area contributed by atoms with Gasteiger partial charge in [-0.3, -0.25) is 9.59 Å². The van der Waals surface area contributed by atoms with Gasteiger partial charge in [-0.05, 0) is 0 Å². The highest BCUT2D eigenvalue weighted by Gasteiger charge is 2.72. The van der Waals surface area contributed by atoms with Gasteiger partial charge < -0.3 is 5.11 Å². The van der Waals surface area contributed by atoms with Crippen LogP contribution in [-0.4, -0.2) is 23.3 Å². The minimum absolute atomic E-state index is 0.670. The van der Waals surface area contributed by atoms with Crippen molar-refractivity contribution in [1.29, 1.82) is 0 Å². The number of carbonyl (C=O) groups excluding carboxylic acids is 2. The van der Waals surface area contributed by atoms with Gasteiger partial charge in [0.25, 0.3) is 0 Å². The van der Waals surface area contributed by atoms with Crippen LogP contribution in [0.25, 0.3) is 0 Å². The predicted molar refractivity (Wildman–Crippen MR) is 33.6 cm³/mol. The van der Waals surface area contributed by atoms with Crippen LogP contribution >= 0.6 is 0 Å². The first-order valence-corrected chi connectivity index (χ1v) is 3.00. The largest absolute Gasteiger partial charge is 0.380 e. The van der Waals surface area contributed by atoms with E-state index >= 15 is 0 Å². The minimum Gasteiger partial charge on any atom is -0.380 e. The highest BCUT2D eigenvalue weighted by atomic mass is 16.3. The zero-order valence-electron chi connectivity index (χ0n) is 5.84. The SMILES string of the molecule is CC1(C)C([C]=O)C1(O)[C]=O. The third kappa shape index (κ3) is 0.534. The van der Waals surface area contributed by atoms with E-state index < -0.39 is 16.9 Å². The summed E-state index contributed by atoms with van der Waals surface area (Å²) < 4.78 is 0. The first kappa shape index (κ1) is 7.41. The summed E-state index contributed by atoms with van der Waals surface area (Å²) in [6, 6.07) is 0. The Labute approximate surface area is 59.0 Å². The number of rotatable bonds is 2. The van der Waals surface area contributed by atoms with Gasteiger partial charge in [0, 0.05) is 5.41 Å². The monoisotopic (exact) mass is 140 g/mol. The molecule has 0 saturated heterocycles. The molecule has 3 nitrogen and oxygen atoms in total. The minimum atomic E-state index is -1.57. The van der Waals surface area contributed by atoms with E-state index in [0.29, 0.717) is 0 Å². The third-order valence-corrected chi connectivity index (χ3v) is 2.31. The molecule has 3 heteroatoms. The second kappa shape index (κ2) is 1.66. The summed E-state index contributed by atoms with van der Waals surface area (Å²) in [5, 5.41) is 9.24. The zero-order valence-corrected chi connectivity index (χ0v) is 5.84. The van der Waals surface area contributed by atoms with Gasteiger partial charge in [0.1, 0.15) is 5.60 Å². The van der Waals surface area contributed by atoms with Crippen LogP contribution < -0.4 is 0 Å². The van der Waals surface area contributed by atoms with Crippen molar-refractivity contribution >= 4 is 12.6 Å². The highest BCUT2D eigenvalue weighted by molar-refractivity contribution is 5.82. The van der Waals surface area contributed by atoms with E-state index in [2.05, 4.69) is 0 Å². The molecule has 54 valence electrons. The van der Waals surface area contributed by atoms with Crippen LogP contribution in [0.15, 0.2) is 0 Å². The molecule has 1 rings (SSSR count). The van der Waals surface area contributed by atoms with Crippen LogP contribution in [0.5, 0.6) is 0 Å². The number of hydrogen-bond donors (Lipinski definition) is 1. The molecule has 1 saturated carbocycles. The molecule has 1 aliphatic carbocycles. The van der Waals surface area contributed by atoms with Gasteiger partial charge in [-0.25, -0.2) is 0 Å². The van der Waals surface area contributed by atoms with Gasteiger partial charge >= 0.3 is 0 Å². The van der Waals surface area contributed by atoms with Crippen LogP contribution in [0, 0.1) is 11.3 Å². The summed E-state index contributed by atoms with van der Waals surface area (Å²) in [7, 11) is 0. The summed E-state index contributed by atoms with van der Waals surface area (Å²) in [5.41, 5.74) is -2.24. The summed E-state index contributed by atoms with van der Waals surface area (Å²) in [5.74, 6) is -0.697. The predicted octanol–water partition coefficient (Wildman–Crippen LogP) is -0.407. The zero-order chi connectivity index (χ0) is 7.99. The molecule has 2 atom stereocenters. The van der Waals surface area contributed by atoms with E-state index in [1.54, 1.807) is 20.1 Å². The van der Waals surface area contributed by atoms with Crippen LogP contribution in [0.3, 0.4) is 0 Å². The van der Waals surface area contributed by atoms with E-state index in [1.165, 1.54) is 6.29 Å². The average Bonchev–Trinajstić information content (AvgIpc) is 2.29. The normalized spacial score (nSPS) is 42.5. The van der Waals surface area contributed by atoms with Crippen molar-refractivity contribution in [3.8, 4) is 0 Å². The van der Waals surface area contributed by atoms with Crippen LogP contribution in [0.1, 0.15) is 13.8 Å². The van der Waals surface area contributed by atoms with Crippen LogP contribution in [-0.2, 0) is 9.59 Å². The molecule has 0 aromatic rings. The molecule has 1 N–H and O–H groups in total. The molecule has 0 aliphatic heterocycles. The Hall–Kier alpha value is -0.700. The standard InChI is InChI=1S/C7H8O3/c1-6(2)5(3-8)7(6,10)4-9/h5,10H,1-2H3. The van der Waals surface area contributed by atoms with E-state index in [9.17, 15) is 14.7 Å². The fraction of sp³-hybridized carbons (Fsp3) is 0.714. The van der Waals surface area contributed by atoms with Gasteiger partial charge in [-0.2, -0.15) is 0 Å². The molecule has 0 bridgehead atoms. The average molecular weight is 140 g/mol. The molecule has 0 heterocycles. The summed E-state index contributed by atoms with van der Waals surface area (Å²) in [6.45, 7) is 3.26. The van der Waals surface area contributed by atoms with E-state index in [0.717, 1.165) is 0 Å². The third-order valence-electron chi connectivity index (χ3n) is 2.31. The summed E-state index contributed by atoms with van der Waals surface area (Å²) >= 11 is 0. The Morgan fingerprint density at radius 2 is 1.90 bits per heavy atom. The van der Waals surface area contributed by atoms with Crippen molar-refractivity contribution in [1.82, 2.24) is 0 Å². The Morgan fingerprint density at radius 1 is 1.40 bits per heavy atom. The smallest absolute Gasteiger partial charge is 0.234 e. The van der Waals surface area contributed by atoms with Gasteiger partial charge in [0.2, 0.25) is 12.6 Å². The molecule has 0 aromatic carbocycles. The highest BCUT2D eigenvalue weighted by Crippen LogP contribution is 2.59. The lowest BCUT2D eigenvalue weighted by molar-refractivity contribution is 0.170. The maximum atomic E-state index is 10.1. The fourth-order valence-electron chi connectivity index (χ4n) is 1.16. The molecule has 2 unspecified atom stereocenters.